The maximum atomic E-state index is 5.21. The molecule has 0 aliphatic carbocycles. The number of benzene rings is 1. The van der Waals surface area contributed by atoms with E-state index in [1.54, 1.807) is 7.11 Å². The van der Waals surface area contributed by atoms with Crippen LogP contribution < -0.4 is 4.74 Å². The maximum Gasteiger partial charge on any atom is 0.119 e. The summed E-state index contributed by atoms with van der Waals surface area (Å²) in [7, 11) is 1.69. The predicted octanol–water partition coefficient (Wildman–Crippen LogP) is 3.46. The van der Waals surface area contributed by atoms with Crippen LogP contribution in [0, 0.1) is 17.8 Å². The molecule has 2 atom stereocenters. The SMILES string of the molecule is CC#CC(C)C(C)c1cccc(OC)c1. The molecule has 0 heterocycles. The second-order valence-corrected chi connectivity index (χ2v) is 3.75. The topological polar surface area (TPSA) is 9.23 Å². The Morgan fingerprint density at radius 2 is 2.00 bits per heavy atom. The van der Waals surface area contributed by atoms with Crippen molar-refractivity contribution in [1.82, 2.24) is 0 Å². The molecule has 1 aromatic carbocycles. The van der Waals surface area contributed by atoms with E-state index in [1.165, 1.54) is 5.56 Å². The summed E-state index contributed by atoms with van der Waals surface area (Å²) in [6.45, 7) is 6.24. The molecule has 0 aromatic heterocycles. The minimum absolute atomic E-state index is 0.377. The van der Waals surface area contributed by atoms with Crippen molar-refractivity contribution in [1.29, 1.82) is 0 Å². The van der Waals surface area contributed by atoms with Crippen molar-refractivity contribution in [2.75, 3.05) is 7.11 Å². The molecule has 2 unspecified atom stereocenters. The summed E-state index contributed by atoms with van der Waals surface area (Å²) in [5.74, 6) is 7.88. The lowest BCUT2D eigenvalue weighted by Gasteiger charge is -2.15. The fraction of sp³-hybridized carbons (Fsp3) is 0.429. The number of methoxy groups -OCH3 is 1. The van der Waals surface area contributed by atoms with Crippen LogP contribution in [0.3, 0.4) is 0 Å². The highest BCUT2D eigenvalue weighted by molar-refractivity contribution is 5.31. The van der Waals surface area contributed by atoms with Crippen LogP contribution in [0.1, 0.15) is 32.3 Å². The van der Waals surface area contributed by atoms with Gasteiger partial charge in [0, 0.05) is 5.92 Å². The minimum atomic E-state index is 0.377. The van der Waals surface area contributed by atoms with Gasteiger partial charge in [0.1, 0.15) is 5.75 Å². The molecule has 0 spiro atoms. The van der Waals surface area contributed by atoms with Gasteiger partial charge in [0.25, 0.3) is 0 Å². The molecule has 0 radical (unpaired) electrons. The first-order valence-electron chi connectivity index (χ1n) is 5.25. The molecule has 1 nitrogen and oxygen atoms in total. The maximum absolute atomic E-state index is 5.21. The van der Waals surface area contributed by atoms with Crippen molar-refractivity contribution in [2.24, 2.45) is 5.92 Å². The van der Waals surface area contributed by atoms with Gasteiger partial charge in [-0.15, -0.1) is 5.92 Å². The van der Waals surface area contributed by atoms with E-state index in [1.807, 2.05) is 19.1 Å². The third kappa shape index (κ3) is 3.02. The molecule has 1 aromatic rings. The van der Waals surface area contributed by atoms with Crippen LogP contribution in [0.25, 0.3) is 0 Å². The van der Waals surface area contributed by atoms with Crippen LogP contribution in [-0.4, -0.2) is 7.11 Å². The molecule has 0 bridgehead atoms. The first kappa shape index (κ1) is 11.7. The molecule has 15 heavy (non-hydrogen) atoms. The summed E-state index contributed by atoms with van der Waals surface area (Å²) in [6.07, 6.45) is 0. The van der Waals surface area contributed by atoms with E-state index in [2.05, 4.69) is 37.8 Å². The van der Waals surface area contributed by atoms with Gasteiger partial charge in [-0.1, -0.05) is 31.9 Å². The molecule has 1 rings (SSSR count). The standard InChI is InChI=1S/C14H18O/c1-5-7-11(2)12(3)13-8-6-9-14(10-13)15-4/h6,8-12H,1-4H3. The molecular weight excluding hydrogens is 184 g/mol. The fourth-order valence-corrected chi connectivity index (χ4v) is 1.57. The number of ether oxygens (including phenoxy) is 1. The second-order valence-electron chi connectivity index (χ2n) is 3.75. The predicted molar refractivity (Wildman–Crippen MR) is 64.0 cm³/mol. The van der Waals surface area contributed by atoms with Gasteiger partial charge in [-0.3, -0.25) is 0 Å². The summed E-state index contributed by atoms with van der Waals surface area (Å²) in [6, 6.07) is 8.20. The number of rotatable bonds is 3. The number of hydrogen-bond acceptors (Lipinski definition) is 1. The van der Waals surface area contributed by atoms with Gasteiger partial charge in [0.05, 0.1) is 7.11 Å². The van der Waals surface area contributed by atoms with Crippen molar-refractivity contribution < 1.29 is 4.74 Å². The van der Waals surface area contributed by atoms with Crippen LogP contribution in [0.15, 0.2) is 24.3 Å². The average Bonchev–Trinajstić information content (AvgIpc) is 2.28. The summed E-state index contributed by atoms with van der Waals surface area (Å²) in [5, 5.41) is 0. The van der Waals surface area contributed by atoms with E-state index in [-0.39, 0.29) is 0 Å². The Kier molecular flexibility index (Phi) is 4.24. The third-order valence-electron chi connectivity index (χ3n) is 2.74. The normalized spacial score (nSPS) is 13.6. The van der Waals surface area contributed by atoms with E-state index in [0.717, 1.165) is 5.75 Å². The van der Waals surface area contributed by atoms with E-state index in [0.29, 0.717) is 11.8 Å². The van der Waals surface area contributed by atoms with Crippen LogP contribution >= 0.6 is 0 Å². The minimum Gasteiger partial charge on any atom is -0.497 e. The molecule has 0 aliphatic heterocycles. The zero-order valence-corrected chi connectivity index (χ0v) is 9.87. The second kappa shape index (κ2) is 5.46. The molecule has 0 saturated carbocycles. The van der Waals surface area contributed by atoms with Crippen LogP contribution in [0.5, 0.6) is 5.75 Å². The quantitative estimate of drug-likeness (QED) is 0.682. The van der Waals surface area contributed by atoms with E-state index < -0.39 is 0 Å². The van der Waals surface area contributed by atoms with Gasteiger partial charge in [-0.05, 0) is 30.5 Å². The highest BCUT2D eigenvalue weighted by atomic mass is 16.5. The smallest absolute Gasteiger partial charge is 0.119 e. The van der Waals surface area contributed by atoms with Crippen molar-refractivity contribution in [3.8, 4) is 17.6 Å². The van der Waals surface area contributed by atoms with Gasteiger partial charge in [-0.25, -0.2) is 0 Å². The monoisotopic (exact) mass is 202 g/mol. The van der Waals surface area contributed by atoms with Crippen molar-refractivity contribution >= 4 is 0 Å². The largest absolute Gasteiger partial charge is 0.497 e. The molecule has 80 valence electrons. The Balaban J connectivity index is 2.88. The van der Waals surface area contributed by atoms with Gasteiger partial charge < -0.3 is 4.74 Å². The third-order valence-corrected chi connectivity index (χ3v) is 2.74. The summed E-state index contributed by atoms with van der Waals surface area (Å²) >= 11 is 0. The van der Waals surface area contributed by atoms with Crippen LogP contribution in [0.4, 0.5) is 0 Å². The molecule has 0 saturated heterocycles. The van der Waals surface area contributed by atoms with Gasteiger partial charge in [-0.2, -0.15) is 0 Å². The van der Waals surface area contributed by atoms with Crippen molar-refractivity contribution in [3.63, 3.8) is 0 Å². The lowest BCUT2D eigenvalue weighted by molar-refractivity contribution is 0.413. The highest BCUT2D eigenvalue weighted by Crippen LogP contribution is 2.26. The van der Waals surface area contributed by atoms with Crippen LogP contribution in [0.2, 0.25) is 0 Å². The molecule has 0 aliphatic rings. The summed E-state index contributed by atoms with van der Waals surface area (Å²) < 4.78 is 5.21. The molecule has 0 fully saturated rings. The fourth-order valence-electron chi connectivity index (χ4n) is 1.57. The number of hydrogen-bond donors (Lipinski definition) is 0. The molecular formula is C14H18O. The molecule has 1 heteroatoms. The first-order valence-corrected chi connectivity index (χ1v) is 5.25. The summed E-state index contributed by atoms with van der Waals surface area (Å²) in [4.78, 5) is 0. The van der Waals surface area contributed by atoms with Crippen LogP contribution in [-0.2, 0) is 0 Å². The first-order chi connectivity index (χ1) is 7.19. The molecule has 0 N–H and O–H groups in total. The Labute approximate surface area is 92.5 Å². The molecule has 0 amide bonds. The zero-order valence-electron chi connectivity index (χ0n) is 9.87. The van der Waals surface area contributed by atoms with Crippen molar-refractivity contribution in [3.05, 3.63) is 29.8 Å². The zero-order chi connectivity index (χ0) is 11.3. The van der Waals surface area contributed by atoms with E-state index >= 15 is 0 Å². The highest BCUT2D eigenvalue weighted by Gasteiger charge is 2.12. The average molecular weight is 202 g/mol. The summed E-state index contributed by atoms with van der Waals surface area (Å²) in [5.41, 5.74) is 1.28. The van der Waals surface area contributed by atoms with E-state index in [9.17, 15) is 0 Å². The Hall–Kier alpha value is -1.42. The Morgan fingerprint density at radius 1 is 1.27 bits per heavy atom. The van der Waals surface area contributed by atoms with Gasteiger partial charge in [0.2, 0.25) is 0 Å². The Morgan fingerprint density at radius 3 is 2.60 bits per heavy atom. The van der Waals surface area contributed by atoms with Crippen molar-refractivity contribution in [2.45, 2.75) is 26.7 Å². The lowest BCUT2D eigenvalue weighted by atomic mass is 9.89. The van der Waals surface area contributed by atoms with E-state index in [4.69, 9.17) is 4.74 Å². The Bertz CT molecular complexity index is 370. The lowest BCUT2D eigenvalue weighted by Crippen LogP contribution is -2.04. The van der Waals surface area contributed by atoms with Gasteiger partial charge >= 0.3 is 0 Å². The van der Waals surface area contributed by atoms with Gasteiger partial charge in [0.15, 0.2) is 0 Å².